The topological polar surface area (TPSA) is 30.5 Å². The number of aryl methyl sites for hydroxylation is 1. The first kappa shape index (κ1) is 14.1. The Morgan fingerprint density at radius 1 is 1.30 bits per heavy atom. The van der Waals surface area contributed by atoms with Crippen LogP contribution in [0.15, 0.2) is 24.3 Å². The van der Waals surface area contributed by atoms with Crippen LogP contribution in [0.5, 0.6) is 0 Å². The van der Waals surface area contributed by atoms with Crippen molar-refractivity contribution in [3.05, 3.63) is 35.4 Å². The van der Waals surface area contributed by atoms with Crippen LogP contribution in [0.4, 0.5) is 0 Å². The summed E-state index contributed by atoms with van der Waals surface area (Å²) in [6, 6.07) is 9.55. The molecule has 2 aliphatic rings. The van der Waals surface area contributed by atoms with E-state index in [1.54, 1.807) is 0 Å². The Bertz CT molecular complexity index is 454. The highest BCUT2D eigenvalue weighted by molar-refractivity contribution is 5.28. The molecule has 3 nitrogen and oxygen atoms in total. The summed E-state index contributed by atoms with van der Waals surface area (Å²) in [6.07, 6.45) is 3.21. The number of nitrogens with one attached hydrogen (secondary N) is 1. The zero-order valence-electron chi connectivity index (χ0n) is 12.5. The lowest BCUT2D eigenvalue weighted by molar-refractivity contribution is -0.0902. The van der Waals surface area contributed by atoms with Gasteiger partial charge in [-0.15, -0.1) is 0 Å². The second-order valence-electron chi connectivity index (χ2n) is 6.27. The number of benzene rings is 1. The highest BCUT2D eigenvalue weighted by atomic mass is 16.6. The molecular weight excluding hydrogens is 250 g/mol. The number of ether oxygens (including phenoxy) is 2. The molecule has 1 aromatic carbocycles. The van der Waals surface area contributed by atoms with Gasteiger partial charge in [0, 0.05) is 31.7 Å². The van der Waals surface area contributed by atoms with Gasteiger partial charge in [-0.2, -0.15) is 0 Å². The van der Waals surface area contributed by atoms with Crippen LogP contribution >= 0.6 is 0 Å². The number of hydrogen-bond donors (Lipinski definition) is 1. The van der Waals surface area contributed by atoms with Gasteiger partial charge in [0.25, 0.3) is 0 Å². The fourth-order valence-corrected chi connectivity index (χ4v) is 3.55. The molecule has 2 saturated heterocycles. The van der Waals surface area contributed by atoms with E-state index in [0.29, 0.717) is 12.1 Å². The summed E-state index contributed by atoms with van der Waals surface area (Å²) < 4.78 is 11.5. The Morgan fingerprint density at radius 2 is 2.15 bits per heavy atom. The van der Waals surface area contributed by atoms with Crippen LogP contribution in [0.25, 0.3) is 0 Å². The first-order chi connectivity index (χ1) is 9.69. The van der Waals surface area contributed by atoms with Gasteiger partial charge in [-0.05, 0) is 37.8 Å². The average Bonchev–Trinajstić information content (AvgIpc) is 2.87. The second kappa shape index (κ2) is 5.84. The molecule has 2 aliphatic heterocycles. The maximum atomic E-state index is 6.00. The summed E-state index contributed by atoms with van der Waals surface area (Å²) in [5.74, 6) is 0. The smallest absolute Gasteiger partial charge is 0.0951 e. The van der Waals surface area contributed by atoms with Crippen molar-refractivity contribution in [2.75, 3.05) is 19.8 Å². The van der Waals surface area contributed by atoms with Crippen molar-refractivity contribution in [2.24, 2.45) is 0 Å². The summed E-state index contributed by atoms with van der Waals surface area (Å²) in [7, 11) is 0. The van der Waals surface area contributed by atoms with Crippen LogP contribution in [0.1, 0.15) is 43.4 Å². The lowest BCUT2D eigenvalue weighted by atomic mass is 9.89. The second-order valence-corrected chi connectivity index (χ2v) is 6.27. The molecule has 0 bridgehead atoms. The van der Waals surface area contributed by atoms with E-state index in [4.69, 9.17) is 9.47 Å². The molecular formula is C17H25NO2. The van der Waals surface area contributed by atoms with Gasteiger partial charge in [0.15, 0.2) is 0 Å². The minimum absolute atomic E-state index is 0.0125. The zero-order chi connectivity index (χ0) is 14.0. The van der Waals surface area contributed by atoms with E-state index in [-0.39, 0.29) is 5.60 Å². The molecule has 2 unspecified atom stereocenters. The predicted molar refractivity (Wildman–Crippen MR) is 79.9 cm³/mol. The van der Waals surface area contributed by atoms with Crippen molar-refractivity contribution in [3.63, 3.8) is 0 Å². The van der Waals surface area contributed by atoms with E-state index < -0.39 is 0 Å². The molecule has 3 heteroatoms. The van der Waals surface area contributed by atoms with Crippen LogP contribution in [-0.4, -0.2) is 31.5 Å². The van der Waals surface area contributed by atoms with E-state index in [2.05, 4.69) is 43.4 Å². The molecule has 1 N–H and O–H groups in total. The van der Waals surface area contributed by atoms with E-state index in [9.17, 15) is 0 Å². The maximum absolute atomic E-state index is 6.00. The molecule has 3 rings (SSSR count). The summed E-state index contributed by atoms with van der Waals surface area (Å²) in [5, 5.41) is 3.79. The molecule has 1 aromatic rings. The normalized spacial score (nSPS) is 31.6. The van der Waals surface area contributed by atoms with Crippen molar-refractivity contribution in [2.45, 2.75) is 50.8 Å². The molecule has 0 amide bonds. The third kappa shape index (κ3) is 2.90. The SMILES string of the molecule is Cc1ccccc1[C@@H](C)NC1CCOC2(CCOC2)C1. The van der Waals surface area contributed by atoms with Gasteiger partial charge in [-0.3, -0.25) is 0 Å². The zero-order valence-corrected chi connectivity index (χ0v) is 12.5. The van der Waals surface area contributed by atoms with E-state index in [0.717, 1.165) is 39.1 Å². The molecule has 20 heavy (non-hydrogen) atoms. The van der Waals surface area contributed by atoms with Gasteiger partial charge >= 0.3 is 0 Å². The molecule has 3 atom stereocenters. The van der Waals surface area contributed by atoms with Gasteiger partial charge in [0.05, 0.1) is 12.2 Å². The molecule has 2 heterocycles. The van der Waals surface area contributed by atoms with E-state index >= 15 is 0 Å². The Hall–Kier alpha value is -0.900. The molecule has 0 saturated carbocycles. The first-order valence-electron chi connectivity index (χ1n) is 7.72. The van der Waals surface area contributed by atoms with Gasteiger partial charge in [-0.1, -0.05) is 24.3 Å². The quantitative estimate of drug-likeness (QED) is 0.920. The Morgan fingerprint density at radius 3 is 2.90 bits per heavy atom. The van der Waals surface area contributed by atoms with Gasteiger partial charge < -0.3 is 14.8 Å². The highest BCUT2D eigenvalue weighted by Crippen LogP contribution is 2.33. The van der Waals surface area contributed by atoms with Crippen molar-refractivity contribution < 1.29 is 9.47 Å². The van der Waals surface area contributed by atoms with Crippen molar-refractivity contribution >= 4 is 0 Å². The lowest BCUT2D eigenvalue weighted by Gasteiger charge is -2.38. The standard InChI is InChI=1S/C17H25NO2/c1-13-5-3-4-6-16(13)14(2)18-15-7-9-20-17(11-15)8-10-19-12-17/h3-6,14-15,18H,7-12H2,1-2H3/t14-,15?,17?/m1/s1. The van der Waals surface area contributed by atoms with Crippen molar-refractivity contribution in [1.29, 1.82) is 0 Å². The fraction of sp³-hybridized carbons (Fsp3) is 0.647. The minimum atomic E-state index is -0.0125. The van der Waals surface area contributed by atoms with Gasteiger partial charge in [0.2, 0.25) is 0 Å². The molecule has 110 valence electrons. The van der Waals surface area contributed by atoms with Crippen LogP contribution in [0.2, 0.25) is 0 Å². The van der Waals surface area contributed by atoms with Gasteiger partial charge in [0.1, 0.15) is 0 Å². The van der Waals surface area contributed by atoms with Crippen LogP contribution in [0.3, 0.4) is 0 Å². The number of hydrogen-bond acceptors (Lipinski definition) is 3. The predicted octanol–water partition coefficient (Wildman–Crippen LogP) is 2.98. The van der Waals surface area contributed by atoms with E-state index in [1.165, 1.54) is 11.1 Å². The van der Waals surface area contributed by atoms with Crippen molar-refractivity contribution in [3.8, 4) is 0 Å². The highest BCUT2D eigenvalue weighted by Gasteiger charge is 2.41. The van der Waals surface area contributed by atoms with Crippen LogP contribution < -0.4 is 5.32 Å². The lowest BCUT2D eigenvalue weighted by Crippen LogP contribution is -2.48. The average molecular weight is 275 g/mol. The molecule has 1 spiro atoms. The molecule has 0 aliphatic carbocycles. The van der Waals surface area contributed by atoms with Crippen molar-refractivity contribution in [1.82, 2.24) is 5.32 Å². The Kier molecular flexibility index (Phi) is 4.11. The summed E-state index contributed by atoms with van der Waals surface area (Å²) in [4.78, 5) is 0. The van der Waals surface area contributed by atoms with E-state index in [1.807, 2.05) is 0 Å². The summed E-state index contributed by atoms with van der Waals surface area (Å²) in [5.41, 5.74) is 2.75. The van der Waals surface area contributed by atoms with Crippen LogP contribution in [0, 0.1) is 6.92 Å². The maximum Gasteiger partial charge on any atom is 0.0951 e. The summed E-state index contributed by atoms with van der Waals surface area (Å²) in [6.45, 7) is 6.91. The van der Waals surface area contributed by atoms with Crippen LogP contribution in [-0.2, 0) is 9.47 Å². The molecule has 0 aromatic heterocycles. The minimum Gasteiger partial charge on any atom is -0.378 e. The summed E-state index contributed by atoms with van der Waals surface area (Å²) >= 11 is 0. The molecule has 2 fully saturated rings. The monoisotopic (exact) mass is 275 g/mol. The third-order valence-corrected chi connectivity index (χ3v) is 4.70. The largest absolute Gasteiger partial charge is 0.378 e. The molecule has 0 radical (unpaired) electrons. The van der Waals surface area contributed by atoms with Gasteiger partial charge in [-0.25, -0.2) is 0 Å². The Labute approximate surface area is 121 Å². The third-order valence-electron chi connectivity index (χ3n) is 4.70. The number of rotatable bonds is 3. The Balaban J connectivity index is 1.64. The fourth-order valence-electron chi connectivity index (χ4n) is 3.55. The first-order valence-corrected chi connectivity index (χ1v) is 7.72.